The molecule has 0 atom stereocenters. The Balaban J connectivity index is 1.69. The monoisotopic (exact) mass is 364 g/mol. The van der Waals surface area contributed by atoms with Gasteiger partial charge < -0.3 is 9.64 Å². The van der Waals surface area contributed by atoms with Gasteiger partial charge in [0.2, 0.25) is 0 Å². The van der Waals surface area contributed by atoms with Crippen LogP contribution in [0.3, 0.4) is 0 Å². The van der Waals surface area contributed by atoms with Crippen LogP contribution in [0, 0.1) is 5.82 Å². The van der Waals surface area contributed by atoms with Gasteiger partial charge in [-0.05, 0) is 48.5 Å². The first kappa shape index (κ1) is 18.3. The number of carbonyl (C=O) groups is 2. The maximum absolute atomic E-state index is 12.9. The Morgan fingerprint density at radius 1 is 0.889 bits per heavy atom. The van der Waals surface area contributed by atoms with Crippen molar-refractivity contribution in [2.24, 2.45) is 0 Å². The van der Waals surface area contributed by atoms with Crippen LogP contribution >= 0.6 is 0 Å². The predicted molar refractivity (Wildman–Crippen MR) is 99.0 cm³/mol. The highest BCUT2D eigenvalue weighted by molar-refractivity contribution is 6.06. The number of aromatic nitrogens is 1. The number of para-hydroxylation sites is 1. The van der Waals surface area contributed by atoms with Gasteiger partial charge in [0.25, 0.3) is 5.91 Å². The van der Waals surface area contributed by atoms with Crippen LogP contribution in [-0.4, -0.2) is 30.0 Å². The summed E-state index contributed by atoms with van der Waals surface area (Å²) in [5.74, 6) is -1.22. The van der Waals surface area contributed by atoms with E-state index in [2.05, 4.69) is 4.98 Å². The lowest BCUT2D eigenvalue weighted by molar-refractivity contribution is 0.0511. The summed E-state index contributed by atoms with van der Waals surface area (Å²) >= 11 is 0. The quantitative estimate of drug-likeness (QED) is 0.626. The zero-order valence-corrected chi connectivity index (χ0v) is 14.4. The van der Waals surface area contributed by atoms with Crippen molar-refractivity contribution in [1.29, 1.82) is 0 Å². The maximum atomic E-state index is 12.9. The maximum Gasteiger partial charge on any atom is 0.338 e. The third-order valence-corrected chi connectivity index (χ3v) is 3.87. The molecule has 0 aliphatic heterocycles. The standard InChI is InChI=1S/C21H17FN2O3/c22-18-8-6-17(7-9-18)21(26)27-15-14-24(19-4-2-1-3-5-19)20(25)16-10-12-23-13-11-16/h1-13H,14-15H2. The van der Waals surface area contributed by atoms with Crippen molar-refractivity contribution in [1.82, 2.24) is 4.98 Å². The molecule has 0 radical (unpaired) electrons. The number of carbonyl (C=O) groups excluding carboxylic acids is 2. The van der Waals surface area contributed by atoms with Crippen molar-refractivity contribution in [2.75, 3.05) is 18.1 Å². The lowest BCUT2D eigenvalue weighted by Crippen LogP contribution is -2.34. The van der Waals surface area contributed by atoms with E-state index < -0.39 is 11.8 Å². The van der Waals surface area contributed by atoms with Gasteiger partial charge in [0.05, 0.1) is 12.1 Å². The molecule has 1 amide bonds. The fraction of sp³-hybridized carbons (Fsp3) is 0.0952. The summed E-state index contributed by atoms with van der Waals surface area (Å²) in [6.07, 6.45) is 3.09. The number of hydrogen-bond donors (Lipinski definition) is 0. The average Bonchev–Trinajstić information content (AvgIpc) is 2.72. The molecule has 2 aromatic carbocycles. The zero-order chi connectivity index (χ0) is 19.1. The number of amides is 1. The van der Waals surface area contributed by atoms with Crippen LogP contribution in [0.15, 0.2) is 79.1 Å². The van der Waals surface area contributed by atoms with E-state index in [1.165, 1.54) is 29.2 Å². The Morgan fingerprint density at radius 3 is 2.22 bits per heavy atom. The third kappa shape index (κ3) is 4.76. The fourth-order valence-corrected chi connectivity index (χ4v) is 2.51. The molecule has 5 nitrogen and oxygen atoms in total. The topological polar surface area (TPSA) is 59.5 Å². The van der Waals surface area contributed by atoms with E-state index in [9.17, 15) is 14.0 Å². The highest BCUT2D eigenvalue weighted by Crippen LogP contribution is 2.16. The Kier molecular flexibility index (Phi) is 5.89. The van der Waals surface area contributed by atoms with Crippen LogP contribution in [0.5, 0.6) is 0 Å². The molecule has 0 N–H and O–H groups in total. The van der Waals surface area contributed by atoms with Crippen LogP contribution in [0.4, 0.5) is 10.1 Å². The SMILES string of the molecule is O=C(OCCN(C(=O)c1ccncc1)c1ccccc1)c1ccc(F)cc1. The molecule has 136 valence electrons. The molecule has 0 saturated carbocycles. The molecule has 6 heteroatoms. The molecule has 27 heavy (non-hydrogen) atoms. The summed E-state index contributed by atoms with van der Waals surface area (Å²) < 4.78 is 18.2. The second-order valence-electron chi connectivity index (χ2n) is 5.67. The van der Waals surface area contributed by atoms with Gasteiger partial charge in [-0.25, -0.2) is 9.18 Å². The van der Waals surface area contributed by atoms with Crippen molar-refractivity contribution in [3.63, 3.8) is 0 Å². The largest absolute Gasteiger partial charge is 0.460 e. The Morgan fingerprint density at radius 2 is 1.56 bits per heavy atom. The first-order chi connectivity index (χ1) is 13.1. The Bertz CT molecular complexity index is 900. The van der Waals surface area contributed by atoms with Crippen LogP contribution in [-0.2, 0) is 4.74 Å². The van der Waals surface area contributed by atoms with Crippen LogP contribution in [0.25, 0.3) is 0 Å². The minimum atomic E-state index is -0.570. The van der Waals surface area contributed by atoms with Crippen molar-refractivity contribution < 1.29 is 18.7 Å². The normalized spacial score (nSPS) is 10.3. The minimum Gasteiger partial charge on any atom is -0.460 e. The van der Waals surface area contributed by atoms with Gasteiger partial charge in [-0.15, -0.1) is 0 Å². The minimum absolute atomic E-state index is 0.00191. The molecule has 0 fully saturated rings. The van der Waals surface area contributed by atoms with Crippen molar-refractivity contribution in [3.8, 4) is 0 Å². The van der Waals surface area contributed by atoms with Gasteiger partial charge in [-0.2, -0.15) is 0 Å². The van der Waals surface area contributed by atoms with E-state index in [1.54, 1.807) is 36.7 Å². The Labute approximate surface area is 156 Å². The molecule has 3 rings (SSSR count). The molecule has 0 bridgehead atoms. The van der Waals surface area contributed by atoms with E-state index in [-0.39, 0.29) is 24.6 Å². The van der Waals surface area contributed by atoms with E-state index in [1.807, 2.05) is 18.2 Å². The molecule has 0 spiro atoms. The van der Waals surface area contributed by atoms with Crippen molar-refractivity contribution in [2.45, 2.75) is 0 Å². The molecule has 1 heterocycles. The molecule has 0 aliphatic rings. The third-order valence-electron chi connectivity index (χ3n) is 3.87. The average molecular weight is 364 g/mol. The van der Waals surface area contributed by atoms with Gasteiger partial charge in [0.1, 0.15) is 12.4 Å². The number of halogens is 1. The van der Waals surface area contributed by atoms with E-state index >= 15 is 0 Å². The summed E-state index contributed by atoms with van der Waals surface area (Å²) in [5.41, 5.74) is 1.43. The van der Waals surface area contributed by atoms with Gasteiger partial charge in [0.15, 0.2) is 0 Å². The van der Waals surface area contributed by atoms with E-state index in [0.29, 0.717) is 11.3 Å². The van der Waals surface area contributed by atoms with Crippen molar-refractivity contribution >= 4 is 17.6 Å². The smallest absolute Gasteiger partial charge is 0.338 e. The number of rotatable bonds is 6. The summed E-state index contributed by atoms with van der Waals surface area (Å²) in [5, 5.41) is 0. The number of nitrogens with zero attached hydrogens (tertiary/aromatic N) is 2. The summed E-state index contributed by atoms with van der Waals surface area (Å²) in [6, 6.07) is 17.5. The second-order valence-corrected chi connectivity index (χ2v) is 5.67. The van der Waals surface area contributed by atoms with Gasteiger partial charge in [-0.3, -0.25) is 9.78 Å². The first-order valence-corrected chi connectivity index (χ1v) is 8.35. The molecule has 1 aromatic heterocycles. The summed E-state index contributed by atoms with van der Waals surface area (Å²) in [4.78, 5) is 30.4. The highest BCUT2D eigenvalue weighted by Gasteiger charge is 2.18. The van der Waals surface area contributed by atoms with Crippen LogP contribution < -0.4 is 4.90 Å². The van der Waals surface area contributed by atoms with E-state index in [4.69, 9.17) is 4.74 Å². The zero-order valence-electron chi connectivity index (χ0n) is 14.4. The van der Waals surface area contributed by atoms with Crippen LogP contribution in [0.1, 0.15) is 20.7 Å². The molecule has 0 unspecified atom stereocenters. The predicted octanol–water partition coefficient (Wildman–Crippen LogP) is 3.72. The molecular weight excluding hydrogens is 347 g/mol. The van der Waals surface area contributed by atoms with Crippen LogP contribution in [0.2, 0.25) is 0 Å². The lowest BCUT2D eigenvalue weighted by Gasteiger charge is -2.22. The highest BCUT2D eigenvalue weighted by atomic mass is 19.1. The molecule has 3 aromatic rings. The number of ether oxygens (including phenoxy) is 1. The van der Waals surface area contributed by atoms with Gasteiger partial charge in [0, 0.05) is 23.6 Å². The number of benzene rings is 2. The first-order valence-electron chi connectivity index (χ1n) is 8.35. The second kappa shape index (κ2) is 8.71. The molecular formula is C21H17FN2O3. The molecule has 0 aliphatic carbocycles. The fourth-order valence-electron chi connectivity index (χ4n) is 2.51. The number of anilines is 1. The number of esters is 1. The number of pyridine rings is 1. The Hall–Kier alpha value is -3.54. The number of hydrogen-bond acceptors (Lipinski definition) is 4. The van der Waals surface area contributed by atoms with Gasteiger partial charge in [-0.1, -0.05) is 18.2 Å². The summed E-state index contributed by atoms with van der Waals surface area (Å²) in [6.45, 7) is 0.181. The molecule has 0 saturated heterocycles. The van der Waals surface area contributed by atoms with Gasteiger partial charge >= 0.3 is 5.97 Å². The van der Waals surface area contributed by atoms with E-state index in [0.717, 1.165) is 0 Å². The summed E-state index contributed by atoms with van der Waals surface area (Å²) in [7, 11) is 0. The van der Waals surface area contributed by atoms with Crippen molar-refractivity contribution in [3.05, 3.63) is 96.1 Å². The lowest BCUT2D eigenvalue weighted by atomic mass is 10.2.